The van der Waals surface area contributed by atoms with Crippen molar-refractivity contribution in [3.05, 3.63) is 17.8 Å². The molecule has 1 aromatic heterocycles. The molecule has 0 atom stereocenters. The summed E-state index contributed by atoms with van der Waals surface area (Å²) in [5.41, 5.74) is 0.435. The molecule has 1 aliphatic carbocycles. The van der Waals surface area contributed by atoms with Crippen LogP contribution in [0.4, 0.5) is 5.82 Å². The third-order valence-corrected chi connectivity index (χ3v) is 2.85. The van der Waals surface area contributed by atoms with Crippen LogP contribution in [0.25, 0.3) is 0 Å². The first-order valence-corrected chi connectivity index (χ1v) is 6.08. The fourth-order valence-corrected chi connectivity index (χ4v) is 1.80. The summed E-state index contributed by atoms with van der Waals surface area (Å²) >= 11 is 0. The molecule has 0 radical (unpaired) electrons. The van der Waals surface area contributed by atoms with Crippen LogP contribution < -0.4 is 5.32 Å². The van der Waals surface area contributed by atoms with Gasteiger partial charge >= 0.3 is 0 Å². The van der Waals surface area contributed by atoms with E-state index < -0.39 is 0 Å². The molecule has 0 aliphatic heterocycles. The smallest absolute Gasteiger partial charge is 0.274 e. The molecule has 0 unspecified atom stereocenters. The lowest BCUT2D eigenvalue weighted by atomic mass is 10.3. The lowest BCUT2D eigenvalue weighted by molar-refractivity contribution is 0.0736. The quantitative estimate of drug-likeness (QED) is 0.839. The van der Waals surface area contributed by atoms with Gasteiger partial charge in [0.1, 0.15) is 5.82 Å². The maximum Gasteiger partial charge on any atom is 0.274 e. The average Bonchev–Trinajstić information content (AvgIpc) is 3.19. The van der Waals surface area contributed by atoms with Crippen LogP contribution in [0.15, 0.2) is 12.1 Å². The van der Waals surface area contributed by atoms with Gasteiger partial charge in [0, 0.05) is 19.6 Å². The molecule has 0 aromatic carbocycles. The molecular weight excluding hydrogens is 216 g/mol. The minimum Gasteiger partial charge on any atom is -0.372 e. The van der Waals surface area contributed by atoms with E-state index in [1.807, 2.05) is 4.90 Å². The van der Waals surface area contributed by atoms with Gasteiger partial charge in [-0.05, 0) is 31.4 Å². The minimum absolute atomic E-state index is 0.00417. The zero-order valence-electron chi connectivity index (χ0n) is 10.3. The topological polar surface area (TPSA) is 58.1 Å². The molecule has 2 rings (SSSR count). The Morgan fingerprint density at radius 2 is 2.24 bits per heavy atom. The van der Waals surface area contributed by atoms with E-state index in [0.29, 0.717) is 17.6 Å². The largest absolute Gasteiger partial charge is 0.372 e. The molecule has 0 bridgehead atoms. The lowest BCUT2D eigenvalue weighted by Crippen LogP contribution is -2.34. The monoisotopic (exact) mass is 234 g/mol. The summed E-state index contributed by atoms with van der Waals surface area (Å²) < 4.78 is 0. The van der Waals surface area contributed by atoms with E-state index in [1.165, 1.54) is 0 Å². The van der Waals surface area contributed by atoms with Gasteiger partial charge in [-0.15, -0.1) is 10.2 Å². The fourth-order valence-electron chi connectivity index (χ4n) is 1.80. The van der Waals surface area contributed by atoms with Crippen molar-refractivity contribution in [1.82, 2.24) is 15.1 Å². The zero-order chi connectivity index (χ0) is 12.3. The Bertz CT molecular complexity index is 386. The van der Waals surface area contributed by atoms with Crippen molar-refractivity contribution in [2.75, 3.05) is 18.9 Å². The number of carbonyl (C=O) groups is 1. The molecule has 0 saturated heterocycles. The number of nitrogens with zero attached hydrogens (tertiary/aromatic N) is 3. The highest BCUT2D eigenvalue weighted by molar-refractivity contribution is 5.92. The van der Waals surface area contributed by atoms with Crippen LogP contribution in [0, 0.1) is 0 Å². The molecule has 1 N–H and O–H groups in total. The summed E-state index contributed by atoms with van der Waals surface area (Å²) in [6, 6.07) is 3.93. The van der Waals surface area contributed by atoms with Gasteiger partial charge in [-0.3, -0.25) is 4.79 Å². The summed E-state index contributed by atoms with van der Waals surface area (Å²) in [5, 5.41) is 10.8. The van der Waals surface area contributed by atoms with Crippen molar-refractivity contribution >= 4 is 11.7 Å². The second kappa shape index (κ2) is 5.12. The minimum atomic E-state index is 0.00417. The van der Waals surface area contributed by atoms with Crippen molar-refractivity contribution in [2.45, 2.75) is 32.2 Å². The Labute approximate surface area is 101 Å². The van der Waals surface area contributed by atoms with Crippen LogP contribution in [-0.4, -0.2) is 40.6 Å². The first kappa shape index (κ1) is 11.8. The second-order valence-corrected chi connectivity index (χ2v) is 4.28. The van der Waals surface area contributed by atoms with E-state index in [0.717, 1.165) is 25.8 Å². The molecule has 1 amide bonds. The number of carbonyl (C=O) groups excluding carboxylic acids is 1. The van der Waals surface area contributed by atoms with Crippen LogP contribution >= 0.6 is 0 Å². The van der Waals surface area contributed by atoms with E-state index in [9.17, 15) is 4.79 Å². The van der Waals surface area contributed by atoms with Gasteiger partial charge in [-0.2, -0.15) is 0 Å². The molecule has 5 nitrogen and oxygen atoms in total. The standard InChI is InChI=1S/C12H18N4O/c1-3-8-16(9-4-5-9)12(17)10-6-7-11(13-2)15-14-10/h6-7,9H,3-5,8H2,1-2H3,(H,13,15). The molecule has 92 valence electrons. The Morgan fingerprint density at radius 3 is 2.71 bits per heavy atom. The van der Waals surface area contributed by atoms with Crippen molar-refractivity contribution in [3.63, 3.8) is 0 Å². The van der Waals surface area contributed by atoms with Crippen LogP contribution in [0.1, 0.15) is 36.7 Å². The number of aromatic nitrogens is 2. The van der Waals surface area contributed by atoms with Crippen LogP contribution in [0.5, 0.6) is 0 Å². The van der Waals surface area contributed by atoms with E-state index in [1.54, 1.807) is 19.2 Å². The van der Waals surface area contributed by atoms with E-state index in [4.69, 9.17) is 0 Å². The van der Waals surface area contributed by atoms with Crippen molar-refractivity contribution in [3.8, 4) is 0 Å². The molecule has 0 spiro atoms. The molecule has 17 heavy (non-hydrogen) atoms. The van der Waals surface area contributed by atoms with Gasteiger partial charge in [0.2, 0.25) is 0 Å². The normalized spacial score (nSPS) is 14.5. The zero-order valence-corrected chi connectivity index (χ0v) is 10.3. The summed E-state index contributed by atoms with van der Waals surface area (Å²) in [6.45, 7) is 2.89. The summed E-state index contributed by atoms with van der Waals surface area (Å²) in [4.78, 5) is 14.1. The second-order valence-electron chi connectivity index (χ2n) is 4.28. The maximum absolute atomic E-state index is 12.2. The third-order valence-electron chi connectivity index (χ3n) is 2.85. The molecule has 1 aromatic rings. The van der Waals surface area contributed by atoms with Crippen molar-refractivity contribution in [2.24, 2.45) is 0 Å². The molecule has 1 aliphatic rings. The average molecular weight is 234 g/mol. The number of amides is 1. The Kier molecular flexibility index (Phi) is 3.56. The van der Waals surface area contributed by atoms with Gasteiger partial charge < -0.3 is 10.2 Å². The summed E-state index contributed by atoms with van der Waals surface area (Å²) in [6.07, 6.45) is 3.21. The van der Waals surface area contributed by atoms with E-state index >= 15 is 0 Å². The number of nitrogens with one attached hydrogen (secondary N) is 1. The summed E-state index contributed by atoms with van der Waals surface area (Å²) in [5.74, 6) is 0.680. The van der Waals surface area contributed by atoms with E-state index in [-0.39, 0.29) is 5.91 Å². The Morgan fingerprint density at radius 1 is 1.47 bits per heavy atom. The van der Waals surface area contributed by atoms with Crippen LogP contribution in [-0.2, 0) is 0 Å². The lowest BCUT2D eigenvalue weighted by Gasteiger charge is -2.20. The van der Waals surface area contributed by atoms with Crippen molar-refractivity contribution < 1.29 is 4.79 Å². The number of hydrogen-bond acceptors (Lipinski definition) is 4. The number of hydrogen-bond donors (Lipinski definition) is 1. The van der Waals surface area contributed by atoms with Crippen LogP contribution in [0.2, 0.25) is 0 Å². The predicted molar refractivity (Wildman–Crippen MR) is 65.9 cm³/mol. The highest BCUT2D eigenvalue weighted by Crippen LogP contribution is 2.28. The van der Waals surface area contributed by atoms with Crippen LogP contribution in [0.3, 0.4) is 0 Å². The molecule has 1 heterocycles. The predicted octanol–water partition coefficient (Wildman–Crippen LogP) is 1.53. The first-order valence-electron chi connectivity index (χ1n) is 6.08. The Balaban J connectivity index is 2.10. The molecule has 5 heteroatoms. The third kappa shape index (κ3) is 2.72. The van der Waals surface area contributed by atoms with Gasteiger partial charge in [0.25, 0.3) is 5.91 Å². The van der Waals surface area contributed by atoms with Crippen molar-refractivity contribution in [1.29, 1.82) is 0 Å². The van der Waals surface area contributed by atoms with Gasteiger partial charge in [-0.25, -0.2) is 0 Å². The molecular formula is C12H18N4O. The molecule has 1 fully saturated rings. The number of anilines is 1. The Hall–Kier alpha value is -1.65. The van der Waals surface area contributed by atoms with E-state index in [2.05, 4.69) is 22.4 Å². The highest BCUT2D eigenvalue weighted by atomic mass is 16.2. The number of rotatable bonds is 5. The SMILES string of the molecule is CCCN(C(=O)c1ccc(NC)nn1)C1CC1. The van der Waals surface area contributed by atoms with Gasteiger partial charge in [-0.1, -0.05) is 6.92 Å². The molecule has 1 saturated carbocycles. The van der Waals surface area contributed by atoms with Gasteiger partial charge in [0.05, 0.1) is 0 Å². The fraction of sp³-hybridized carbons (Fsp3) is 0.583. The van der Waals surface area contributed by atoms with Gasteiger partial charge in [0.15, 0.2) is 5.69 Å². The summed E-state index contributed by atoms with van der Waals surface area (Å²) in [7, 11) is 1.78. The maximum atomic E-state index is 12.2. The first-order chi connectivity index (χ1) is 8.26. The highest BCUT2D eigenvalue weighted by Gasteiger charge is 2.32.